The Morgan fingerprint density at radius 1 is 1.26 bits per heavy atom. The zero-order valence-electron chi connectivity index (χ0n) is 12.6. The highest BCUT2D eigenvalue weighted by atomic mass is 19.1. The second-order valence-electron chi connectivity index (χ2n) is 5.58. The third-order valence-electron chi connectivity index (χ3n) is 4.07. The van der Waals surface area contributed by atoms with Crippen LogP contribution in [-0.4, -0.2) is 36.7 Å². The second-order valence-corrected chi connectivity index (χ2v) is 5.58. The maximum atomic E-state index is 13.5. The molecule has 126 valence electrons. The zero-order chi connectivity index (χ0) is 16.8. The lowest BCUT2D eigenvalue weighted by Gasteiger charge is -2.27. The molecule has 7 heteroatoms. The fourth-order valence-electron chi connectivity index (χ4n) is 2.72. The van der Waals surface area contributed by atoms with Crippen LogP contribution in [0.2, 0.25) is 0 Å². The quantitative estimate of drug-likeness (QED) is 0.835. The number of carboxylic acids is 1. The monoisotopic (exact) mass is 327 g/mol. The van der Waals surface area contributed by atoms with Gasteiger partial charge in [-0.05, 0) is 30.9 Å². The van der Waals surface area contributed by atoms with Crippen LogP contribution in [0.4, 0.5) is 8.78 Å². The highest BCUT2D eigenvalue weighted by Crippen LogP contribution is 2.23. The summed E-state index contributed by atoms with van der Waals surface area (Å²) in [5, 5.41) is 11.8. The standard InChI is InChI=1S/C16H19F2NO4/c17-13-2-1-3-14(18)11(13)8-15(20)19-9-12(16(21)22)10-4-6-23-7-5-10/h1-3,10,12H,4-9H2,(H,19,20)(H,21,22). The lowest BCUT2D eigenvalue weighted by molar-refractivity contribution is -0.144. The van der Waals surface area contributed by atoms with Crippen LogP contribution in [0.15, 0.2) is 18.2 Å². The number of ether oxygens (including phenoxy) is 1. The molecule has 1 amide bonds. The molecule has 2 rings (SSSR count). The Morgan fingerprint density at radius 3 is 2.43 bits per heavy atom. The number of nitrogens with one attached hydrogen (secondary N) is 1. The summed E-state index contributed by atoms with van der Waals surface area (Å²) in [4.78, 5) is 23.2. The summed E-state index contributed by atoms with van der Waals surface area (Å²) in [6, 6.07) is 3.37. The smallest absolute Gasteiger partial charge is 0.308 e. The van der Waals surface area contributed by atoms with Gasteiger partial charge in [0.05, 0.1) is 12.3 Å². The van der Waals surface area contributed by atoms with Crippen molar-refractivity contribution < 1.29 is 28.2 Å². The van der Waals surface area contributed by atoms with Crippen LogP contribution in [-0.2, 0) is 20.7 Å². The summed E-state index contributed by atoms with van der Waals surface area (Å²) in [5.74, 6) is -3.99. The number of carbonyl (C=O) groups is 2. The number of carbonyl (C=O) groups excluding carboxylic acids is 1. The molecular weight excluding hydrogens is 308 g/mol. The van der Waals surface area contributed by atoms with Crippen LogP contribution >= 0.6 is 0 Å². The van der Waals surface area contributed by atoms with Crippen molar-refractivity contribution in [1.82, 2.24) is 5.32 Å². The molecule has 2 N–H and O–H groups in total. The van der Waals surface area contributed by atoms with Crippen LogP contribution in [0.25, 0.3) is 0 Å². The Labute approximate surface area is 132 Å². The van der Waals surface area contributed by atoms with Gasteiger partial charge in [0.1, 0.15) is 11.6 Å². The van der Waals surface area contributed by atoms with Crippen molar-refractivity contribution in [3.8, 4) is 0 Å². The molecule has 0 aromatic heterocycles. The molecule has 0 bridgehead atoms. The van der Waals surface area contributed by atoms with Gasteiger partial charge < -0.3 is 15.2 Å². The highest BCUT2D eigenvalue weighted by molar-refractivity contribution is 5.79. The molecule has 0 spiro atoms. The average molecular weight is 327 g/mol. The normalized spacial score (nSPS) is 16.8. The Hall–Kier alpha value is -2.02. The fourth-order valence-corrected chi connectivity index (χ4v) is 2.72. The van der Waals surface area contributed by atoms with Crippen LogP contribution < -0.4 is 5.32 Å². The van der Waals surface area contributed by atoms with Crippen LogP contribution in [0.5, 0.6) is 0 Å². The lowest BCUT2D eigenvalue weighted by atomic mass is 9.86. The minimum atomic E-state index is -0.991. The van der Waals surface area contributed by atoms with Crippen molar-refractivity contribution >= 4 is 11.9 Å². The molecule has 1 unspecified atom stereocenters. The van der Waals surface area contributed by atoms with Crippen molar-refractivity contribution in [2.24, 2.45) is 11.8 Å². The SMILES string of the molecule is O=C(Cc1c(F)cccc1F)NCC(C(=O)O)C1CCOCC1. The van der Waals surface area contributed by atoms with Gasteiger partial charge in [0, 0.05) is 25.3 Å². The summed E-state index contributed by atoms with van der Waals surface area (Å²) >= 11 is 0. The maximum Gasteiger partial charge on any atom is 0.308 e. The van der Waals surface area contributed by atoms with Crippen molar-refractivity contribution in [2.75, 3.05) is 19.8 Å². The first-order valence-electron chi connectivity index (χ1n) is 7.49. The third-order valence-corrected chi connectivity index (χ3v) is 4.07. The molecule has 1 aliphatic rings. The van der Waals surface area contributed by atoms with E-state index in [-0.39, 0.29) is 18.0 Å². The number of rotatable bonds is 6. The molecule has 0 aliphatic carbocycles. The predicted molar refractivity (Wildman–Crippen MR) is 77.7 cm³/mol. The largest absolute Gasteiger partial charge is 0.481 e. The van der Waals surface area contributed by atoms with Crippen molar-refractivity contribution in [1.29, 1.82) is 0 Å². The van der Waals surface area contributed by atoms with Gasteiger partial charge in [-0.25, -0.2) is 8.78 Å². The first kappa shape index (κ1) is 17.3. The number of hydrogen-bond donors (Lipinski definition) is 2. The van der Waals surface area contributed by atoms with E-state index in [0.717, 1.165) is 12.1 Å². The van der Waals surface area contributed by atoms with Crippen molar-refractivity contribution in [3.05, 3.63) is 35.4 Å². The van der Waals surface area contributed by atoms with Crippen molar-refractivity contribution in [2.45, 2.75) is 19.3 Å². The van der Waals surface area contributed by atoms with Crippen LogP contribution in [0.1, 0.15) is 18.4 Å². The van der Waals surface area contributed by atoms with E-state index in [0.29, 0.717) is 26.1 Å². The number of halogens is 2. The summed E-state index contributed by atoms with van der Waals surface area (Å²) in [6.45, 7) is 0.945. The van der Waals surface area contributed by atoms with Gasteiger partial charge in [-0.15, -0.1) is 0 Å². The van der Waals surface area contributed by atoms with Gasteiger partial charge in [-0.2, -0.15) is 0 Å². The van der Waals surface area contributed by atoms with E-state index in [4.69, 9.17) is 4.74 Å². The summed E-state index contributed by atoms with van der Waals surface area (Å²) in [6.07, 6.45) is 0.780. The Morgan fingerprint density at radius 2 is 1.87 bits per heavy atom. The highest BCUT2D eigenvalue weighted by Gasteiger charge is 2.30. The van der Waals surface area contributed by atoms with Gasteiger partial charge in [-0.1, -0.05) is 6.07 Å². The van der Waals surface area contributed by atoms with Gasteiger partial charge >= 0.3 is 5.97 Å². The molecule has 23 heavy (non-hydrogen) atoms. The van der Waals surface area contributed by atoms with E-state index < -0.39 is 35.8 Å². The summed E-state index contributed by atoms with van der Waals surface area (Å²) < 4.78 is 32.2. The number of hydrogen-bond acceptors (Lipinski definition) is 3. The first-order valence-corrected chi connectivity index (χ1v) is 7.49. The Bertz CT molecular complexity index is 553. The number of aliphatic carboxylic acids is 1. The first-order chi connectivity index (χ1) is 11.0. The Balaban J connectivity index is 1.92. The van der Waals surface area contributed by atoms with E-state index in [2.05, 4.69) is 5.32 Å². The zero-order valence-corrected chi connectivity index (χ0v) is 12.6. The van der Waals surface area contributed by atoms with Crippen LogP contribution in [0, 0.1) is 23.5 Å². The molecule has 0 radical (unpaired) electrons. The van der Waals surface area contributed by atoms with Gasteiger partial charge in [0.25, 0.3) is 0 Å². The molecular formula is C16H19F2NO4. The molecule has 1 atom stereocenters. The molecule has 1 fully saturated rings. The topological polar surface area (TPSA) is 75.6 Å². The molecule has 1 heterocycles. The number of benzene rings is 1. The predicted octanol–water partition coefficient (Wildman–Crippen LogP) is 1.75. The van der Waals surface area contributed by atoms with Crippen LogP contribution in [0.3, 0.4) is 0 Å². The van der Waals surface area contributed by atoms with E-state index >= 15 is 0 Å². The fraction of sp³-hybridized carbons (Fsp3) is 0.500. The third kappa shape index (κ3) is 4.72. The Kier molecular flexibility index (Phi) is 6.04. The molecule has 0 saturated carbocycles. The molecule has 1 aliphatic heterocycles. The summed E-state index contributed by atoms with van der Waals surface area (Å²) in [5.41, 5.74) is -0.317. The second kappa shape index (κ2) is 8.01. The lowest BCUT2D eigenvalue weighted by Crippen LogP contribution is -2.39. The van der Waals surface area contributed by atoms with Gasteiger partial charge in [0.2, 0.25) is 5.91 Å². The minimum Gasteiger partial charge on any atom is -0.481 e. The molecule has 1 aromatic rings. The van der Waals surface area contributed by atoms with E-state index in [1.807, 2.05) is 0 Å². The molecule has 5 nitrogen and oxygen atoms in total. The van der Waals surface area contributed by atoms with Gasteiger partial charge in [-0.3, -0.25) is 9.59 Å². The maximum absolute atomic E-state index is 13.5. The average Bonchev–Trinajstić information content (AvgIpc) is 2.52. The van der Waals surface area contributed by atoms with E-state index in [1.165, 1.54) is 6.07 Å². The van der Waals surface area contributed by atoms with Crippen molar-refractivity contribution in [3.63, 3.8) is 0 Å². The van der Waals surface area contributed by atoms with E-state index in [1.54, 1.807) is 0 Å². The number of amides is 1. The number of carboxylic acid groups (broad SMARTS) is 1. The molecule has 1 aromatic carbocycles. The minimum absolute atomic E-state index is 0.0606. The molecule has 1 saturated heterocycles. The van der Waals surface area contributed by atoms with Gasteiger partial charge in [0.15, 0.2) is 0 Å². The van der Waals surface area contributed by atoms with E-state index in [9.17, 15) is 23.5 Å². The summed E-state index contributed by atoms with van der Waals surface area (Å²) in [7, 11) is 0.